The zero-order valence-electron chi connectivity index (χ0n) is 12.9. The van der Waals surface area contributed by atoms with Gasteiger partial charge in [-0.3, -0.25) is 0 Å². The van der Waals surface area contributed by atoms with E-state index in [9.17, 15) is 0 Å². The van der Waals surface area contributed by atoms with Crippen LogP contribution in [0.15, 0.2) is 0 Å². The van der Waals surface area contributed by atoms with Crippen LogP contribution < -0.4 is 5.32 Å². The number of likely N-dealkylation sites (N-methyl/N-ethyl adjacent to an activating group) is 1. The van der Waals surface area contributed by atoms with Crippen molar-refractivity contribution in [2.45, 2.75) is 77.4 Å². The van der Waals surface area contributed by atoms with Gasteiger partial charge in [0, 0.05) is 13.2 Å². The summed E-state index contributed by atoms with van der Waals surface area (Å²) in [7, 11) is 3.99. The molecule has 3 unspecified atom stereocenters. The summed E-state index contributed by atoms with van der Waals surface area (Å²) in [5.74, 6) is 1.57. The highest BCUT2D eigenvalue weighted by molar-refractivity contribution is 4.85. The molecule has 0 saturated heterocycles. The molecule has 0 aromatic carbocycles. The van der Waals surface area contributed by atoms with Crippen LogP contribution in [-0.2, 0) is 4.74 Å². The van der Waals surface area contributed by atoms with Crippen LogP contribution in [-0.4, -0.2) is 26.3 Å². The smallest absolute Gasteiger partial charge is 0.0752 e. The second-order valence-electron chi connectivity index (χ2n) is 6.12. The summed E-state index contributed by atoms with van der Waals surface area (Å²) in [6.45, 7) is 4.65. The maximum absolute atomic E-state index is 5.86. The molecule has 0 aromatic heterocycles. The van der Waals surface area contributed by atoms with Gasteiger partial charge >= 0.3 is 0 Å². The van der Waals surface area contributed by atoms with Crippen molar-refractivity contribution in [3.63, 3.8) is 0 Å². The molecule has 0 spiro atoms. The van der Waals surface area contributed by atoms with E-state index in [4.69, 9.17) is 4.74 Å². The maximum atomic E-state index is 5.86. The van der Waals surface area contributed by atoms with Crippen molar-refractivity contribution in [2.75, 3.05) is 14.2 Å². The molecule has 1 aliphatic rings. The molecule has 0 heterocycles. The molecule has 0 bridgehead atoms. The first-order chi connectivity index (χ1) is 8.72. The van der Waals surface area contributed by atoms with E-state index < -0.39 is 0 Å². The summed E-state index contributed by atoms with van der Waals surface area (Å²) in [6.07, 6.45) is 11.2. The van der Waals surface area contributed by atoms with Gasteiger partial charge in [0.05, 0.1) is 6.10 Å². The highest BCUT2D eigenvalue weighted by atomic mass is 16.5. The van der Waals surface area contributed by atoms with Crippen LogP contribution in [0.1, 0.15) is 65.2 Å². The third-order valence-corrected chi connectivity index (χ3v) is 4.59. The van der Waals surface area contributed by atoms with Crippen molar-refractivity contribution in [3.8, 4) is 0 Å². The van der Waals surface area contributed by atoms with Crippen molar-refractivity contribution in [1.82, 2.24) is 5.32 Å². The predicted octanol–water partition coefficient (Wildman–Crippen LogP) is 4.00. The quantitative estimate of drug-likeness (QED) is 0.708. The summed E-state index contributed by atoms with van der Waals surface area (Å²) in [5.41, 5.74) is 0. The largest absolute Gasteiger partial charge is 0.380 e. The summed E-state index contributed by atoms with van der Waals surface area (Å²) in [5, 5.41) is 3.51. The Morgan fingerprint density at radius 2 is 1.89 bits per heavy atom. The standard InChI is InChI=1S/C16H33NO/c1-5-9-13(2)12-15(17-3)16(18-4)14-10-7-6-8-11-14/h13-17H,5-12H2,1-4H3. The molecule has 2 heteroatoms. The summed E-state index contributed by atoms with van der Waals surface area (Å²) >= 11 is 0. The van der Waals surface area contributed by atoms with Gasteiger partial charge in [-0.1, -0.05) is 46.0 Å². The molecule has 2 nitrogen and oxygen atoms in total. The predicted molar refractivity (Wildman–Crippen MR) is 78.9 cm³/mol. The summed E-state index contributed by atoms with van der Waals surface area (Å²) < 4.78 is 5.86. The first-order valence-electron chi connectivity index (χ1n) is 7.92. The SMILES string of the molecule is CCCC(C)CC(NC)C(OC)C1CCCCC1. The molecule has 1 saturated carbocycles. The molecule has 18 heavy (non-hydrogen) atoms. The lowest BCUT2D eigenvalue weighted by molar-refractivity contribution is 0.00424. The van der Waals surface area contributed by atoms with E-state index in [-0.39, 0.29) is 0 Å². The number of rotatable bonds is 8. The van der Waals surface area contributed by atoms with Crippen molar-refractivity contribution in [3.05, 3.63) is 0 Å². The lowest BCUT2D eigenvalue weighted by Gasteiger charge is -2.36. The van der Waals surface area contributed by atoms with Crippen molar-refractivity contribution in [2.24, 2.45) is 11.8 Å². The molecule has 0 aliphatic heterocycles. The van der Waals surface area contributed by atoms with Gasteiger partial charge in [0.25, 0.3) is 0 Å². The molecule has 1 rings (SSSR count). The average molecular weight is 255 g/mol. The second kappa shape index (κ2) is 8.92. The monoisotopic (exact) mass is 255 g/mol. The van der Waals surface area contributed by atoms with E-state index in [1.165, 1.54) is 51.4 Å². The molecule has 0 aromatic rings. The van der Waals surface area contributed by atoms with Gasteiger partial charge in [0.15, 0.2) is 0 Å². The van der Waals surface area contributed by atoms with Crippen molar-refractivity contribution < 1.29 is 4.74 Å². The van der Waals surface area contributed by atoms with Crippen LogP contribution in [0.25, 0.3) is 0 Å². The van der Waals surface area contributed by atoms with Gasteiger partial charge < -0.3 is 10.1 Å². The van der Waals surface area contributed by atoms with E-state index in [1.54, 1.807) is 0 Å². The van der Waals surface area contributed by atoms with Crippen LogP contribution in [0.3, 0.4) is 0 Å². The minimum atomic E-state index is 0.412. The van der Waals surface area contributed by atoms with Crippen LogP contribution >= 0.6 is 0 Å². The molecule has 108 valence electrons. The van der Waals surface area contributed by atoms with E-state index in [1.807, 2.05) is 7.11 Å². The van der Waals surface area contributed by atoms with Crippen molar-refractivity contribution in [1.29, 1.82) is 0 Å². The van der Waals surface area contributed by atoms with E-state index in [0.717, 1.165) is 11.8 Å². The zero-order valence-corrected chi connectivity index (χ0v) is 12.9. The average Bonchev–Trinajstić information content (AvgIpc) is 2.40. The van der Waals surface area contributed by atoms with Gasteiger partial charge in [-0.25, -0.2) is 0 Å². The van der Waals surface area contributed by atoms with Gasteiger partial charge in [-0.2, -0.15) is 0 Å². The number of hydrogen-bond donors (Lipinski definition) is 1. The Morgan fingerprint density at radius 1 is 1.22 bits per heavy atom. The second-order valence-corrected chi connectivity index (χ2v) is 6.12. The van der Waals surface area contributed by atoms with Crippen LogP contribution in [0.4, 0.5) is 0 Å². The summed E-state index contributed by atoms with van der Waals surface area (Å²) in [6, 6.07) is 0.527. The fourth-order valence-corrected chi connectivity index (χ4v) is 3.61. The van der Waals surface area contributed by atoms with E-state index in [0.29, 0.717) is 12.1 Å². The lowest BCUT2D eigenvalue weighted by atomic mass is 9.80. The van der Waals surface area contributed by atoms with Crippen LogP contribution in [0, 0.1) is 11.8 Å². The topological polar surface area (TPSA) is 21.3 Å². The van der Waals surface area contributed by atoms with Gasteiger partial charge in [0.1, 0.15) is 0 Å². The van der Waals surface area contributed by atoms with Gasteiger partial charge in [-0.05, 0) is 38.1 Å². The third kappa shape index (κ3) is 4.89. The van der Waals surface area contributed by atoms with Gasteiger partial charge in [0.2, 0.25) is 0 Å². The minimum absolute atomic E-state index is 0.412. The molecule has 1 fully saturated rings. The van der Waals surface area contributed by atoms with Crippen molar-refractivity contribution >= 4 is 0 Å². The Balaban J connectivity index is 2.52. The fraction of sp³-hybridized carbons (Fsp3) is 1.00. The first kappa shape index (κ1) is 16.0. The Kier molecular flexibility index (Phi) is 7.92. The third-order valence-electron chi connectivity index (χ3n) is 4.59. The molecule has 3 atom stereocenters. The molecule has 1 N–H and O–H groups in total. The number of methoxy groups -OCH3 is 1. The number of nitrogens with one attached hydrogen (secondary N) is 1. The Morgan fingerprint density at radius 3 is 2.39 bits per heavy atom. The molecule has 0 radical (unpaired) electrons. The highest BCUT2D eigenvalue weighted by Gasteiger charge is 2.30. The Labute approximate surface area is 114 Å². The van der Waals surface area contributed by atoms with E-state index >= 15 is 0 Å². The highest BCUT2D eigenvalue weighted by Crippen LogP contribution is 2.31. The normalized spacial score (nSPS) is 22.7. The molecular weight excluding hydrogens is 222 g/mol. The van der Waals surface area contributed by atoms with Gasteiger partial charge in [-0.15, -0.1) is 0 Å². The molecular formula is C16H33NO. The molecule has 0 amide bonds. The molecule has 1 aliphatic carbocycles. The lowest BCUT2D eigenvalue weighted by Crippen LogP contribution is -2.45. The Bertz CT molecular complexity index is 201. The summed E-state index contributed by atoms with van der Waals surface area (Å²) in [4.78, 5) is 0. The van der Waals surface area contributed by atoms with Crippen LogP contribution in [0.2, 0.25) is 0 Å². The maximum Gasteiger partial charge on any atom is 0.0752 e. The number of ether oxygens (including phenoxy) is 1. The Hall–Kier alpha value is -0.0800. The van der Waals surface area contributed by atoms with E-state index in [2.05, 4.69) is 26.2 Å². The zero-order chi connectivity index (χ0) is 13.4. The number of hydrogen-bond acceptors (Lipinski definition) is 2. The van der Waals surface area contributed by atoms with Crippen LogP contribution in [0.5, 0.6) is 0 Å². The fourth-order valence-electron chi connectivity index (χ4n) is 3.61. The first-order valence-corrected chi connectivity index (χ1v) is 7.92. The minimum Gasteiger partial charge on any atom is -0.380 e.